The molecule has 130 valence electrons. The van der Waals surface area contributed by atoms with Crippen LogP contribution >= 0.6 is 11.3 Å². The first kappa shape index (κ1) is 18.1. The third-order valence-electron chi connectivity index (χ3n) is 4.06. The molecule has 0 amide bonds. The SMILES string of the molecule is CCCCOCCNC(=NC)NC1CCN(c2cccs2)CC1. The van der Waals surface area contributed by atoms with Gasteiger partial charge in [-0.3, -0.25) is 4.99 Å². The molecule has 0 aliphatic carbocycles. The normalized spacial score (nSPS) is 16.6. The molecule has 0 saturated carbocycles. The van der Waals surface area contributed by atoms with Gasteiger partial charge in [-0.15, -0.1) is 11.3 Å². The molecule has 1 aliphatic rings. The van der Waals surface area contributed by atoms with Gasteiger partial charge in [0.25, 0.3) is 0 Å². The topological polar surface area (TPSA) is 48.9 Å². The summed E-state index contributed by atoms with van der Waals surface area (Å²) in [4.78, 5) is 6.79. The molecule has 1 saturated heterocycles. The molecule has 0 spiro atoms. The third-order valence-corrected chi connectivity index (χ3v) is 4.99. The Balaban J connectivity index is 1.62. The molecular weight excluding hydrogens is 308 g/mol. The first-order chi connectivity index (χ1) is 11.3. The predicted octanol–water partition coefficient (Wildman–Crippen LogP) is 2.70. The number of hydrogen-bond donors (Lipinski definition) is 2. The van der Waals surface area contributed by atoms with Crippen molar-refractivity contribution in [1.82, 2.24) is 10.6 Å². The van der Waals surface area contributed by atoms with Gasteiger partial charge < -0.3 is 20.3 Å². The molecule has 23 heavy (non-hydrogen) atoms. The number of unbranched alkanes of at least 4 members (excludes halogenated alkanes) is 1. The highest BCUT2D eigenvalue weighted by atomic mass is 32.1. The van der Waals surface area contributed by atoms with E-state index in [-0.39, 0.29) is 0 Å². The zero-order chi connectivity index (χ0) is 16.3. The Labute approximate surface area is 144 Å². The van der Waals surface area contributed by atoms with E-state index in [1.807, 2.05) is 18.4 Å². The minimum atomic E-state index is 0.499. The Hall–Kier alpha value is -1.27. The van der Waals surface area contributed by atoms with Gasteiger partial charge in [-0.25, -0.2) is 0 Å². The molecule has 1 aromatic rings. The van der Waals surface area contributed by atoms with Crippen LogP contribution in [0.15, 0.2) is 22.5 Å². The highest BCUT2D eigenvalue weighted by molar-refractivity contribution is 7.14. The molecule has 2 heterocycles. The maximum Gasteiger partial charge on any atom is 0.191 e. The highest BCUT2D eigenvalue weighted by Crippen LogP contribution is 2.24. The van der Waals surface area contributed by atoms with E-state index in [0.29, 0.717) is 6.04 Å². The largest absolute Gasteiger partial charge is 0.380 e. The van der Waals surface area contributed by atoms with Crippen LogP contribution in [0.5, 0.6) is 0 Å². The molecule has 2 rings (SSSR count). The van der Waals surface area contributed by atoms with Gasteiger partial charge >= 0.3 is 0 Å². The lowest BCUT2D eigenvalue weighted by Crippen LogP contribution is -2.49. The van der Waals surface area contributed by atoms with Crippen LogP contribution in [0.1, 0.15) is 32.6 Å². The monoisotopic (exact) mass is 338 g/mol. The Morgan fingerprint density at radius 1 is 1.39 bits per heavy atom. The molecule has 0 bridgehead atoms. The minimum absolute atomic E-state index is 0.499. The second-order valence-electron chi connectivity index (χ2n) is 5.82. The van der Waals surface area contributed by atoms with Crippen LogP contribution in [0.3, 0.4) is 0 Å². The minimum Gasteiger partial charge on any atom is -0.380 e. The summed E-state index contributed by atoms with van der Waals surface area (Å²) >= 11 is 1.82. The second-order valence-corrected chi connectivity index (χ2v) is 6.75. The van der Waals surface area contributed by atoms with Crippen LogP contribution in [-0.4, -0.2) is 51.9 Å². The van der Waals surface area contributed by atoms with E-state index in [2.05, 4.69) is 45.0 Å². The zero-order valence-corrected chi connectivity index (χ0v) is 15.2. The lowest BCUT2D eigenvalue weighted by atomic mass is 10.1. The third kappa shape index (κ3) is 6.39. The summed E-state index contributed by atoms with van der Waals surface area (Å²) in [6.07, 6.45) is 4.60. The van der Waals surface area contributed by atoms with Gasteiger partial charge in [0.2, 0.25) is 0 Å². The van der Waals surface area contributed by atoms with Crippen molar-refractivity contribution in [3.8, 4) is 0 Å². The maximum atomic E-state index is 5.56. The van der Waals surface area contributed by atoms with Gasteiger partial charge in [-0.1, -0.05) is 13.3 Å². The van der Waals surface area contributed by atoms with Gasteiger partial charge in [0.15, 0.2) is 5.96 Å². The molecule has 1 aromatic heterocycles. The Bertz CT molecular complexity index is 441. The van der Waals surface area contributed by atoms with Crippen LogP contribution in [0, 0.1) is 0 Å². The summed E-state index contributed by atoms with van der Waals surface area (Å²) in [5, 5.41) is 10.4. The summed E-state index contributed by atoms with van der Waals surface area (Å²) in [5.41, 5.74) is 0. The lowest BCUT2D eigenvalue weighted by molar-refractivity contribution is 0.136. The number of ether oxygens (including phenoxy) is 1. The van der Waals surface area contributed by atoms with Crippen molar-refractivity contribution in [2.75, 3.05) is 44.8 Å². The molecule has 1 aliphatic heterocycles. The summed E-state index contributed by atoms with van der Waals surface area (Å²) in [7, 11) is 1.83. The first-order valence-corrected chi connectivity index (χ1v) is 9.54. The van der Waals surface area contributed by atoms with Gasteiger partial charge in [-0.05, 0) is 36.8 Å². The van der Waals surface area contributed by atoms with Crippen LogP contribution in [-0.2, 0) is 4.74 Å². The van der Waals surface area contributed by atoms with Crippen molar-refractivity contribution in [3.05, 3.63) is 17.5 Å². The highest BCUT2D eigenvalue weighted by Gasteiger charge is 2.20. The number of anilines is 1. The van der Waals surface area contributed by atoms with Crippen molar-refractivity contribution < 1.29 is 4.74 Å². The standard InChI is InChI=1S/C17H30N4OS/c1-3-4-12-22-13-9-19-17(18-2)20-15-7-10-21(11-8-15)16-6-5-14-23-16/h5-6,14-15H,3-4,7-13H2,1-2H3,(H2,18,19,20). The van der Waals surface area contributed by atoms with Gasteiger partial charge in [0.05, 0.1) is 11.6 Å². The Morgan fingerprint density at radius 3 is 2.87 bits per heavy atom. The van der Waals surface area contributed by atoms with Crippen molar-refractivity contribution in [3.63, 3.8) is 0 Å². The number of nitrogens with zero attached hydrogens (tertiary/aromatic N) is 2. The van der Waals surface area contributed by atoms with E-state index in [1.54, 1.807) is 0 Å². The van der Waals surface area contributed by atoms with E-state index < -0.39 is 0 Å². The number of aliphatic imine (C=N–C) groups is 1. The second kappa shape index (κ2) is 10.5. The number of piperidine rings is 1. The Kier molecular flexibility index (Phi) is 8.25. The molecule has 0 aromatic carbocycles. The van der Waals surface area contributed by atoms with Crippen LogP contribution in [0.2, 0.25) is 0 Å². The molecule has 5 nitrogen and oxygen atoms in total. The van der Waals surface area contributed by atoms with E-state index in [0.717, 1.165) is 58.1 Å². The summed E-state index contributed by atoms with van der Waals surface area (Å²) in [5.74, 6) is 0.888. The number of hydrogen-bond acceptors (Lipinski definition) is 4. The molecule has 1 fully saturated rings. The van der Waals surface area contributed by atoms with E-state index >= 15 is 0 Å². The number of thiophene rings is 1. The average Bonchev–Trinajstić information content (AvgIpc) is 3.12. The van der Waals surface area contributed by atoms with Crippen molar-refractivity contribution in [1.29, 1.82) is 0 Å². The van der Waals surface area contributed by atoms with Gasteiger partial charge in [0, 0.05) is 39.3 Å². The van der Waals surface area contributed by atoms with E-state index in [4.69, 9.17) is 4.74 Å². The van der Waals surface area contributed by atoms with Gasteiger partial charge in [-0.2, -0.15) is 0 Å². The molecule has 0 radical (unpaired) electrons. The molecule has 6 heteroatoms. The number of guanidine groups is 1. The van der Waals surface area contributed by atoms with Crippen LogP contribution < -0.4 is 15.5 Å². The number of rotatable bonds is 8. The van der Waals surface area contributed by atoms with Crippen molar-refractivity contribution in [2.24, 2.45) is 4.99 Å². The quantitative estimate of drug-likeness (QED) is 0.435. The van der Waals surface area contributed by atoms with Crippen molar-refractivity contribution in [2.45, 2.75) is 38.6 Å². The maximum absolute atomic E-state index is 5.56. The smallest absolute Gasteiger partial charge is 0.191 e. The van der Waals surface area contributed by atoms with Gasteiger partial charge in [0.1, 0.15) is 0 Å². The molecular formula is C17H30N4OS. The summed E-state index contributed by atoms with van der Waals surface area (Å²) in [6, 6.07) is 4.83. The van der Waals surface area contributed by atoms with E-state index in [9.17, 15) is 0 Å². The fourth-order valence-electron chi connectivity index (χ4n) is 2.67. The fourth-order valence-corrected chi connectivity index (χ4v) is 3.46. The Morgan fingerprint density at radius 2 is 2.22 bits per heavy atom. The zero-order valence-electron chi connectivity index (χ0n) is 14.4. The first-order valence-electron chi connectivity index (χ1n) is 8.67. The van der Waals surface area contributed by atoms with Crippen LogP contribution in [0.25, 0.3) is 0 Å². The predicted molar refractivity (Wildman–Crippen MR) is 99.8 cm³/mol. The number of nitrogens with one attached hydrogen (secondary N) is 2. The van der Waals surface area contributed by atoms with Crippen LogP contribution in [0.4, 0.5) is 5.00 Å². The fraction of sp³-hybridized carbons (Fsp3) is 0.706. The molecule has 0 unspecified atom stereocenters. The summed E-state index contributed by atoms with van der Waals surface area (Å²) < 4.78 is 5.56. The summed E-state index contributed by atoms with van der Waals surface area (Å²) in [6.45, 7) is 6.78. The molecule has 2 N–H and O–H groups in total. The molecule has 0 atom stereocenters. The van der Waals surface area contributed by atoms with Crippen molar-refractivity contribution >= 4 is 22.3 Å². The average molecular weight is 339 g/mol. The van der Waals surface area contributed by atoms with E-state index in [1.165, 1.54) is 11.4 Å². The lowest BCUT2D eigenvalue weighted by Gasteiger charge is -2.33.